The van der Waals surface area contributed by atoms with E-state index in [0.717, 1.165) is 29.7 Å². The van der Waals surface area contributed by atoms with Crippen molar-refractivity contribution in [3.63, 3.8) is 0 Å². The molecule has 0 atom stereocenters. The van der Waals surface area contributed by atoms with Crippen molar-refractivity contribution in [1.29, 1.82) is 0 Å². The summed E-state index contributed by atoms with van der Waals surface area (Å²) in [6.45, 7) is 6.35. The van der Waals surface area contributed by atoms with E-state index in [1.807, 2.05) is 47.4 Å². The average molecular weight is 477 g/mol. The Bertz CT molecular complexity index is 1460. The molecule has 36 heavy (non-hydrogen) atoms. The van der Waals surface area contributed by atoms with Crippen LogP contribution < -0.4 is 15.0 Å². The lowest BCUT2D eigenvalue weighted by atomic mass is 10.1. The minimum absolute atomic E-state index is 0.0341. The van der Waals surface area contributed by atoms with E-state index in [9.17, 15) is 4.79 Å². The maximum absolute atomic E-state index is 11.9. The first-order chi connectivity index (χ1) is 17.6. The van der Waals surface area contributed by atoms with E-state index < -0.39 is 0 Å². The molecule has 0 radical (unpaired) electrons. The first-order valence-corrected chi connectivity index (χ1v) is 11.5. The SMILES string of the molecule is C#Cc1cc(Nc2ncnc3ccc(N4CCN(C(=O)C=C)CC4)cc23)cnc1Oc1ccccc1. The van der Waals surface area contributed by atoms with Gasteiger partial charge in [-0.15, -0.1) is 6.42 Å². The first-order valence-electron chi connectivity index (χ1n) is 11.5. The lowest BCUT2D eigenvalue weighted by molar-refractivity contribution is -0.126. The van der Waals surface area contributed by atoms with Crippen LogP contribution in [0, 0.1) is 12.3 Å². The fraction of sp³-hybridized carbons (Fsp3) is 0.143. The molecule has 0 spiro atoms. The summed E-state index contributed by atoms with van der Waals surface area (Å²) in [5.74, 6) is 4.27. The highest BCUT2D eigenvalue weighted by atomic mass is 16.5. The number of benzene rings is 2. The van der Waals surface area contributed by atoms with E-state index in [1.54, 1.807) is 12.3 Å². The number of carbonyl (C=O) groups excluding carboxylic acids is 1. The minimum Gasteiger partial charge on any atom is -0.438 e. The van der Waals surface area contributed by atoms with Gasteiger partial charge in [-0.2, -0.15) is 0 Å². The number of amides is 1. The van der Waals surface area contributed by atoms with Gasteiger partial charge in [0.15, 0.2) is 0 Å². The third-order valence-electron chi connectivity index (χ3n) is 5.98. The molecule has 178 valence electrons. The monoisotopic (exact) mass is 476 g/mol. The van der Waals surface area contributed by atoms with Crippen molar-refractivity contribution in [3.8, 4) is 24.0 Å². The Labute approximate surface area is 209 Å². The third kappa shape index (κ3) is 4.81. The summed E-state index contributed by atoms with van der Waals surface area (Å²) in [6.07, 6.45) is 10.3. The van der Waals surface area contributed by atoms with Crippen molar-refractivity contribution in [2.45, 2.75) is 0 Å². The highest BCUT2D eigenvalue weighted by Gasteiger charge is 2.20. The van der Waals surface area contributed by atoms with Crippen molar-refractivity contribution in [2.24, 2.45) is 0 Å². The highest BCUT2D eigenvalue weighted by molar-refractivity contribution is 5.93. The Balaban J connectivity index is 1.38. The van der Waals surface area contributed by atoms with E-state index in [0.29, 0.717) is 41.8 Å². The first kappa shape index (κ1) is 22.9. The zero-order chi connectivity index (χ0) is 24.9. The van der Waals surface area contributed by atoms with E-state index in [4.69, 9.17) is 11.2 Å². The standard InChI is InChI=1S/C28H24N6O2/c1-3-20-16-21(18-29-28(20)36-23-8-6-5-7-9-23)32-27-24-17-22(10-11-25(24)30-19-31-27)33-12-14-34(15-13-33)26(35)4-2/h1,4-11,16-19H,2,12-15H2,(H,30,31,32). The maximum atomic E-state index is 11.9. The second-order valence-electron chi connectivity index (χ2n) is 8.20. The fourth-order valence-electron chi connectivity index (χ4n) is 4.10. The number of aromatic nitrogens is 3. The predicted molar refractivity (Wildman–Crippen MR) is 140 cm³/mol. The second kappa shape index (κ2) is 10.2. The molecule has 2 aromatic heterocycles. The highest BCUT2D eigenvalue weighted by Crippen LogP contribution is 2.30. The number of anilines is 3. The third-order valence-corrected chi connectivity index (χ3v) is 5.98. The zero-order valence-electron chi connectivity index (χ0n) is 19.6. The molecular weight excluding hydrogens is 452 g/mol. The van der Waals surface area contributed by atoms with Crippen LogP contribution in [0.2, 0.25) is 0 Å². The largest absolute Gasteiger partial charge is 0.438 e. The van der Waals surface area contributed by atoms with Crippen molar-refractivity contribution < 1.29 is 9.53 Å². The van der Waals surface area contributed by atoms with Crippen molar-refractivity contribution in [1.82, 2.24) is 19.9 Å². The molecule has 1 amide bonds. The number of para-hydroxylation sites is 1. The predicted octanol–water partition coefficient (Wildman–Crippen LogP) is 4.38. The topological polar surface area (TPSA) is 83.5 Å². The number of carbonyl (C=O) groups is 1. The summed E-state index contributed by atoms with van der Waals surface area (Å²) in [7, 11) is 0. The molecule has 0 aliphatic carbocycles. The van der Waals surface area contributed by atoms with Crippen LogP contribution in [0.25, 0.3) is 10.9 Å². The number of hydrogen-bond donors (Lipinski definition) is 1. The van der Waals surface area contributed by atoms with Crippen molar-refractivity contribution >= 4 is 34.0 Å². The second-order valence-corrected chi connectivity index (χ2v) is 8.20. The molecule has 1 aliphatic heterocycles. The van der Waals surface area contributed by atoms with Gasteiger partial charge in [-0.25, -0.2) is 15.0 Å². The van der Waals surface area contributed by atoms with Crippen LogP contribution in [0.1, 0.15) is 5.56 Å². The normalized spacial score (nSPS) is 13.2. The number of terminal acetylenes is 1. The molecule has 2 aromatic carbocycles. The molecule has 1 N–H and O–H groups in total. The van der Waals surface area contributed by atoms with Crippen molar-refractivity contribution in [3.05, 3.63) is 85.3 Å². The molecule has 1 aliphatic rings. The van der Waals surface area contributed by atoms with Gasteiger partial charge in [0.05, 0.1) is 23.0 Å². The molecule has 0 bridgehead atoms. The molecule has 8 heteroatoms. The van der Waals surface area contributed by atoms with Crippen LogP contribution in [0.15, 0.2) is 79.8 Å². The fourth-order valence-corrected chi connectivity index (χ4v) is 4.10. The molecule has 8 nitrogen and oxygen atoms in total. The Hall–Kier alpha value is -4.90. The number of piperazine rings is 1. The van der Waals surface area contributed by atoms with Gasteiger partial charge < -0.3 is 19.9 Å². The van der Waals surface area contributed by atoms with Gasteiger partial charge >= 0.3 is 0 Å². The number of pyridine rings is 1. The Kier molecular flexibility index (Phi) is 6.45. The summed E-state index contributed by atoms with van der Waals surface area (Å²) < 4.78 is 5.85. The van der Waals surface area contributed by atoms with E-state index in [1.165, 1.54) is 12.4 Å². The Morgan fingerprint density at radius 2 is 1.86 bits per heavy atom. The molecule has 3 heterocycles. The van der Waals surface area contributed by atoms with Crippen LogP contribution in [-0.2, 0) is 4.79 Å². The number of nitrogens with one attached hydrogen (secondary N) is 1. The number of ether oxygens (including phenoxy) is 1. The van der Waals surface area contributed by atoms with Gasteiger partial charge in [0.2, 0.25) is 11.8 Å². The van der Waals surface area contributed by atoms with Crippen LogP contribution in [-0.4, -0.2) is 51.9 Å². The molecule has 5 rings (SSSR count). The summed E-state index contributed by atoms with van der Waals surface area (Å²) in [4.78, 5) is 29.3. The van der Waals surface area contributed by atoms with Crippen LogP contribution in [0.5, 0.6) is 11.6 Å². The van der Waals surface area contributed by atoms with E-state index >= 15 is 0 Å². The van der Waals surface area contributed by atoms with Gasteiger partial charge in [-0.05, 0) is 42.5 Å². The van der Waals surface area contributed by atoms with E-state index in [-0.39, 0.29) is 5.91 Å². The number of fused-ring (bicyclic) bond motifs is 1. The Morgan fingerprint density at radius 3 is 2.61 bits per heavy atom. The van der Waals surface area contributed by atoms with Gasteiger partial charge in [0.1, 0.15) is 17.9 Å². The number of rotatable bonds is 6. The Morgan fingerprint density at radius 1 is 1.06 bits per heavy atom. The molecule has 1 fully saturated rings. The van der Waals surface area contributed by atoms with Gasteiger partial charge in [-0.1, -0.05) is 30.7 Å². The van der Waals surface area contributed by atoms with Crippen LogP contribution in [0.3, 0.4) is 0 Å². The van der Waals surface area contributed by atoms with E-state index in [2.05, 4.69) is 43.7 Å². The zero-order valence-corrected chi connectivity index (χ0v) is 19.6. The van der Waals surface area contributed by atoms with Gasteiger partial charge in [-0.3, -0.25) is 4.79 Å². The maximum Gasteiger partial charge on any atom is 0.246 e. The quantitative estimate of drug-likeness (QED) is 0.327. The van der Waals surface area contributed by atoms with Crippen molar-refractivity contribution in [2.75, 3.05) is 36.4 Å². The van der Waals surface area contributed by atoms with Gasteiger partial charge in [0.25, 0.3) is 0 Å². The summed E-state index contributed by atoms with van der Waals surface area (Å²) >= 11 is 0. The van der Waals surface area contributed by atoms with Crippen LogP contribution in [0.4, 0.5) is 17.2 Å². The lowest BCUT2D eigenvalue weighted by Crippen LogP contribution is -2.48. The summed E-state index contributed by atoms with van der Waals surface area (Å²) in [6, 6.07) is 17.2. The van der Waals surface area contributed by atoms with Gasteiger partial charge in [0, 0.05) is 37.3 Å². The average Bonchev–Trinajstić information content (AvgIpc) is 2.94. The molecule has 4 aromatic rings. The molecule has 1 saturated heterocycles. The molecule has 0 saturated carbocycles. The number of hydrogen-bond acceptors (Lipinski definition) is 7. The minimum atomic E-state index is -0.0341. The lowest BCUT2D eigenvalue weighted by Gasteiger charge is -2.35. The molecule has 0 unspecified atom stereocenters. The molecular formula is C28H24N6O2. The van der Waals surface area contributed by atoms with Crippen LogP contribution >= 0.6 is 0 Å². The number of nitrogens with zero attached hydrogens (tertiary/aromatic N) is 5. The smallest absolute Gasteiger partial charge is 0.246 e. The summed E-state index contributed by atoms with van der Waals surface area (Å²) in [5.41, 5.74) is 3.06. The summed E-state index contributed by atoms with van der Waals surface area (Å²) in [5, 5.41) is 4.19.